The Hall–Kier alpha value is -1.97. The Morgan fingerprint density at radius 3 is 3.00 bits per heavy atom. The van der Waals surface area contributed by atoms with E-state index in [0.717, 1.165) is 11.8 Å². The molecule has 1 aromatic carbocycles. The Morgan fingerprint density at radius 2 is 2.30 bits per heavy atom. The van der Waals surface area contributed by atoms with E-state index in [1.807, 2.05) is 4.57 Å². The average molecular weight is 339 g/mol. The van der Waals surface area contributed by atoms with Crippen LogP contribution >= 0.6 is 0 Å². The number of nitrogens with one attached hydrogen (secondary N) is 1. The van der Waals surface area contributed by atoms with E-state index >= 15 is 0 Å². The van der Waals surface area contributed by atoms with Crippen LogP contribution in [0.2, 0.25) is 0 Å². The summed E-state index contributed by atoms with van der Waals surface area (Å²) in [5, 5.41) is 0. The van der Waals surface area contributed by atoms with Crippen LogP contribution in [0.5, 0.6) is 0 Å². The minimum absolute atomic E-state index is 0.192. The van der Waals surface area contributed by atoms with Crippen molar-refractivity contribution in [2.45, 2.75) is 12.6 Å². The van der Waals surface area contributed by atoms with E-state index in [-0.39, 0.29) is 12.6 Å². The summed E-state index contributed by atoms with van der Waals surface area (Å²) >= 11 is 0. The van der Waals surface area contributed by atoms with Crippen molar-refractivity contribution >= 4 is 27.0 Å². The number of hydrogen-bond donors (Lipinski definition) is 1. The molecule has 0 radical (unpaired) electrons. The number of nitrogens with zero attached hydrogens (tertiary/aromatic N) is 2. The zero-order valence-corrected chi connectivity index (χ0v) is 13.6. The molecule has 0 spiro atoms. The predicted molar refractivity (Wildman–Crippen MR) is 82.6 cm³/mol. The smallest absolute Gasteiger partial charge is 0.337 e. The van der Waals surface area contributed by atoms with Gasteiger partial charge in [-0.05, 0) is 18.2 Å². The summed E-state index contributed by atoms with van der Waals surface area (Å²) in [5.74, 6) is 0.276. The molecule has 0 saturated heterocycles. The molecule has 0 saturated carbocycles. The maximum absolute atomic E-state index is 11.6. The summed E-state index contributed by atoms with van der Waals surface area (Å²) in [4.78, 5) is 16.1. The fraction of sp³-hybridized carbons (Fsp3) is 0.429. The Morgan fingerprint density at radius 1 is 1.52 bits per heavy atom. The summed E-state index contributed by atoms with van der Waals surface area (Å²) in [5.41, 5.74) is 1.90. The van der Waals surface area contributed by atoms with Gasteiger partial charge in [-0.3, -0.25) is 0 Å². The molecule has 0 bridgehead atoms. The van der Waals surface area contributed by atoms with Crippen molar-refractivity contribution < 1.29 is 22.7 Å². The van der Waals surface area contributed by atoms with Crippen LogP contribution in [0, 0.1) is 0 Å². The van der Waals surface area contributed by atoms with Gasteiger partial charge in [0.05, 0.1) is 42.6 Å². The minimum atomic E-state index is -3.28. The highest BCUT2D eigenvalue weighted by molar-refractivity contribution is 7.88. The lowest BCUT2D eigenvalue weighted by molar-refractivity contribution is 0.0581. The topological polar surface area (TPSA) is 99.5 Å². The highest BCUT2D eigenvalue weighted by atomic mass is 32.2. The Balaban J connectivity index is 1.99. The van der Waals surface area contributed by atoms with E-state index in [4.69, 9.17) is 9.47 Å². The van der Waals surface area contributed by atoms with Crippen molar-refractivity contribution in [2.75, 3.05) is 26.5 Å². The summed E-state index contributed by atoms with van der Waals surface area (Å²) in [6, 6.07) is 4.92. The van der Waals surface area contributed by atoms with Crippen LogP contribution in [0.4, 0.5) is 0 Å². The van der Waals surface area contributed by atoms with Gasteiger partial charge in [-0.1, -0.05) is 0 Å². The van der Waals surface area contributed by atoms with Gasteiger partial charge >= 0.3 is 5.97 Å². The van der Waals surface area contributed by atoms with Crippen LogP contribution in [-0.4, -0.2) is 50.5 Å². The van der Waals surface area contributed by atoms with Gasteiger partial charge in [0.2, 0.25) is 10.0 Å². The zero-order chi connectivity index (χ0) is 16.6. The number of carbonyl (C=O) groups excluding carboxylic acids is 1. The van der Waals surface area contributed by atoms with Crippen LogP contribution in [0.3, 0.4) is 0 Å². The first kappa shape index (κ1) is 15.9. The number of fused-ring (bicyclic) bond motifs is 3. The van der Waals surface area contributed by atoms with Crippen LogP contribution in [0.15, 0.2) is 18.2 Å². The van der Waals surface area contributed by atoms with E-state index in [1.54, 1.807) is 18.2 Å². The van der Waals surface area contributed by atoms with Gasteiger partial charge < -0.3 is 14.0 Å². The maximum atomic E-state index is 11.6. The Labute approximate surface area is 133 Å². The highest BCUT2D eigenvalue weighted by Gasteiger charge is 2.25. The number of carbonyl (C=O) groups is 1. The first-order chi connectivity index (χ1) is 10.9. The molecule has 1 atom stereocenters. The number of hydrogen-bond acceptors (Lipinski definition) is 6. The molecule has 23 heavy (non-hydrogen) atoms. The van der Waals surface area contributed by atoms with E-state index < -0.39 is 16.0 Å². The number of ether oxygens (including phenoxy) is 2. The van der Waals surface area contributed by atoms with Crippen molar-refractivity contribution in [3.63, 3.8) is 0 Å². The predicted octanol–water partition coefficient (Wildman–Crippen LogP) is 0.443. The first-order valence-electron chi connectivity index (χ1n) is 7.00. The monoisotopic (exact) mass is 339 g/mol. The van der Waals surface area contributed by atoms with Crippen molar-refractivity contribution in [3.05, 3.63) is 29.6 Å². The van der Waals surface area contributed by atoms with Gasteiger partial charge in [-0.15, -0.1) is 0 Å². The summed E-state index contributed by atoms with van der Waals surface area (Å²) < 4.78 is 37.3. The minimum Gasteiger partial charge on any atom is -0.465 e. The van der Waals surface area contributed by atoms with E-state index in [2.05, 4.69) is 9.71 Å². The maximum Gasteiger partial charge on any atom is 0.337 e. The lowest BCUT2D eigenvalue weighted by atomic mass is 10.2. The Kier molecular flexibility index (Phi) is 4.09. The number of esters is 1. The van der Waals surface area contributed by atoms with E-state index in [1.165, 1.54) is 7.11 Å². The average Bonchev–Trinajstić information content (AvgIpc) is 2.89. The summed E-state index contributed by atoms with van der Waals surface area (Å²) in [6.07, 6.45) is 1.12. The van der Waals surface area contributed by atoms with Gasteiger partial charge in [-0.25, -0.2) is 22.9 Å². The second-order valence-corrected chi connectivity index (χ2v) is 7.22. The number of sulfonamides is 1. The van der Waals surface area contributed by atoms with E-state index in [9.17, 15) is 13.2 Å². The molecule has 0 aliphatic carbocycles. The van der Waals surface area contributed by atoms with Crippen LogP contribution in [0.25, 0.3) is 11.0 Å². The quantitative estimate of drug-likeness (QED) is 0.812. The molecular formula is C14H17N3O5S. The molecule has 1 aliphatic heterocycles. The molecule has 0 unspecified atom stereocenters. The molecule has 3 rings (SSSR count). The largest absolute Gasteiger partial charge is 0.465 e. The molecule has 2 heterocycles. The van der Waals surface area contributed by atoms with Crippen molar-refractivity contribution in [3.8, 4) is 0 Å². The third kappa shape index (κ3) is 3.21. The van der Waals surface area contributed by atoms with Crippen LogP contribution in [-0.2, 0) is 26.1 Å². The number of methoxy groups -OCH3 is 1. The third-order valence-electron chi connectivity index (χ3n) is 3.67. The fourth-order valence-electron chi connectivity index (χ4n) is 2.66. The van der Waals surface area contributed by atoms with Gasteiger partial charge in [0.25, 0.3) is 0 Å². The molecule has 1 aliphatic rings. The lowest BCUT2D eigenvalue weighted by Gasteiger charge is -2.26. The SMILES string of the molecule is COC(=O)c1ccc2c(c1)nc1n2[C@@H](CNS(C)(=O)=O)COC1. The first-order valence-corrected chi connectivity index (χ1v) is 8.90. The molecule has 2 aromatic rings. The zero-order valence-electron chi connectivity index (χ0n) is 12.8. The normalized spacial score (nSPS) is 17.9. The van der Waals surface area contributed by atoms with Gasteiger partial charge in [-0.2, -0.15) is 0 Å². The molecule has 0 fully saturated rings. The van der Waals surface area contributed by atoms with Crippen LogP contribution in [0.1, 0.15) is 22.2 Å². The second-order valence-electron chi connectivity index (χ2n) is 5.38. The molecule has 124 valence electrons. The summed E-state index contributed by atoms with van der Waals surface area (Å²) in [7, 11) is -1.96. The standard InChI is InChI=1S/C14H17N3O5S/c1-21-14(18)9-3-4-12-11(5-9)16-13-8-22-7-10(17(12)13)6-15-23(2,19)20/h3-5,10,15H,6-8H2,1-2H3/t10-/m0/s1. The lowest BCUT2D eigenvalue weighted by Crippen LogP contribution is -2.35. The van der Waals surface area contributed by atoms with Crippen molar-refractivity contribution in [1.29, 1.82) is 0 Å². The third-order valence-corrected chi connectivity index (χ3v) is 4.36. The molecule has 1 aromatic heterocycles. The number of rotatable bonds is 4. The fourth-order valence-corrected chi connectivity index (χ4v) is 3.16. The molecule has 8 nitrogen and oxygen atoms in total. The van der Waals surface area contributed by atoms with Crippen LogP contribution < -0.4 is 4.72 Å². The van der Waals surface area contributed by atoms with Gasteiger partial charge in [0.1, 0.15) is 12.4 Å². The Bertz CT molecular complexity index is 859. The van der Waals surface area contributed by atoms with Crippen molar-refractivity contribution in [1.82, 2.24) is 14.3 Å². The van der Waals surface area contributed by atoms with Gasteiger partial charge in [0, 0.05) is 6.54 Å². The van der Waals surface area contributed by atoms with E-state index in [0.29, 0.717) is 30.1 Å². The molecule has 1 N–H and O–H groups in total. The molecular weight excluding hydrogens is 322 g/mol. The summed E-state index contributed by atoms with van der Waals surface area (Å²) in [6.45, 7) is 0.952. The van der Waals surface area contributed by atoms with Crippen molar-refractivity contribution in [2.24, 2.45) is 0 Å². The highest BCUT2D eigenvalue weighted by Crippen LogP contribution is 2.26. The number of aromatic nitrogens is 2. The van der Waals surface area contributed by atoms with Gasteiger partial charge in [0.15, 0.2) is 0 Å². The number of benzene rings is 1. The molecule has 9 heteroatoms. The molecule has 0 amide bonds. The number of imidazole rings is 1. The second kappa shape index (κ2) is 5.91.